The average molecular weight is 591 g/mol. The van der Waals surface area contributed by atoms with Gasteiger partial charge in [-0.2, -0.15) is 0 Å². The molecule has 1 saturated carbocycles. The number of rotatable bonds is 14. The van der Waals surface area contributed by atoms with Crippen LogP contribution in [0, 0.1) is 5.92 Å². The number of thiazole rings is 1. The SMILES string of the molecule is O=S(=O)(Nc1ccc(CCNCC(O)c2cccnc2)cc1)c1ccc(-c2nc(CCCC3CCCC3)cs2)cc1. The van der Waals surface area contributed by atoms with Crippen molar-refractivity contribution in [1.82, 2.24) is 15.3 Å². The summed E-state index contributed by atoms with van der Waals surface area (Å²) in [5, 5.41) is 16.5. The second-order valence-corrected chi connectivity index (χ2v) is 13.3. The predicted octanol–water partition coefficient (Wildman–Crippen LogP) is 6.38. The van der Waals surface area contributed by atoms with Gasteiger partial charge < -0.3 is 10.4 Å². The van der Waals surface area contributed by atoms with Gasteiger partial charge in [0, 0.05) is 41.1 Å². The Morgan fingerprint density at radius 3 is 2.51 bits per heavy atom. The van der Waals surface area contributed by atoms with Gasteiger partial charge in [-0.25, -0.2) is 13.4 Å². The molecule has 0 aliphatic heterocycles. The van der Waals surface area contributed by atoms with Gasteiger partial charge in [0.2, 0.25) is 0 Å². The Morgan fingerprint density at radius 2 is 1.78 bits per heavy atom. The van der Waals surface area contributed by atoms with Gasteiger partial charge in [0.25, 0.3) is 10.0 Å². The molecule has 0 bridgehead atoms. The summed E-state index contributed by atoms with van der Waals surface area (Å²) in [6.45, 7) is 1.13. The summed E-state index contributed by atoms with van der Waals surface area (Å²) >= 11 is 1.61. The smallest absolute Gasteiger partial charge is 0.261 e. The van der Waals surface area contributed by atoms with Gasteiger partial charge in [-0.15, -0.1) is 11.3 Å². The zero-order valence-electron chi connectivity index (χ0n) is 23.2. The van der Waals surface area contributed by atoms with Crippen LogP contribution in [0.4, 0.5) is 5.69 Å². The fourth-order valence-corrected chi connectivity index (χ4v) is 7.24. The molecule has 0 spiro atoms. The van der Waals surface area contributed by atoms with Crippen LogP contribution in [-0.4, -0.2) is 36.6 Å². The van der Waals surface area contributed by atoms with Gasteiger partial charge in [0.1, 0.15) is 5.01 Å². The summed E-state index contributed by atoms with van der Waals surface area (Å²) in [6.07, 6.45) is 12.5. The Morgan fingerprint density at radius 1 is 1.00 bits per heavy atom. The van der Waals surface area contributed by atoms with Crippen molar-refractivity contribution in [2.45, 2.75) is 62.4 Å². The Kier molecular flexibility index (Phi) is 10.2. The molecule has 7 nitrogen and oxygen atoms in total. The summed E-state index contributed by atoms with van der Waals surface area (Å²) in [5.41, 5.74) is 4.43. The summed E-state index contributed by atoms with van der Waals surface area (Å²) in [4.78, 5) is 9.04. The maximum absolute atomic E-state index is 13.0. The molecule has 9 heteroatoms. The lowest BCUT2D eigenvalue weighted by molar-refractivity contribution is 0.174. The van der Waals surface area contributed by atoms with E-state index < -0.39 is 16.1 Å². The average Bonchev–Trinajstić information content (AvgIpc) is 3.69. The number of pyridine rings is 1. The number of sulfonamides is 1. The molecule has 5 rings (SSSR count). The Labute approximate surface area is 247 Å². The number of hydrogen-bond donors (Lipinski definition) is 3. The number of aliphatic hydroxyl groups excluding tert-OH is 1. The number of nitrogens with zero attached hydrogens (tertiary/aromatic N) is 2. The van der Waals surface area contributed by atoms with Crippen molar-refractivity contribution in [3.63, 3.8) is 0 Å². The lowest BCUT2D eigenvalue weighted by Gasteiger charge is -2.12. The third kappa shape index (κ3) is 8.45. The number of aromatic nitrogens is 2. The topological polar surface area (TPSA) is 104 Å². The molecule has 1 aliphatic carbocycles. The van der Waals surface area contributed by atoms with Crippen LogP contribution in [0.15, 0.2) is 83.3 Å². The second-order valence-electron chi connectivity index (χ2n) is 10.8. The molecule has 1 aliphatic rings. The van der Waals surface area contributed by atoms with Crippen LogP contribution in [0.25, 0.3) is 10.6 Å². The Hall–Kier alpha value is -3.11. The van der Waals surface area contributed by atoms with Gasteiger partial charge in [-0.05, 0) is 67.6 Å². The maximum atomic E-state index is 13.0. The normalized spacial score (nSPS) is 14.8. The minimum atomic E-state index is -3.71. The monoisotopic (exact) mass is 590 g/mol. The van der Waals surface area contributed by atoms with E-state index in [1.807, 2.05) is 30.3 Å². The molecule has 1 unspecified atom stereocenters. The van der Waals surface area contributed by atoms with Crippen LogP contribution < -0.4 is 10.0 Å². The molecule has 3 N–H and O–H groups in total. The molecule has 2 aromatic carbocycles. The fourth-order valence-electron chi connectivity index (χ4n) is 5.32. The van der Waals surface area contributed by atoms with Crippen LogP contribution in [0.5, 0.6) is 0 Å². The van der Waals surface area contributed by atoms with Crippen LogP contribution >= 0.6 is 11.3 Å². The van der Waals surface area contributed by atoms with Crippen molar-refractivity contribution in [3.8, 4) is 10.6 Å². The van der Waals surface area contributed by atoms with Gasteiger partial charge in [-0.3, -0.25) is 9.71 Å². The summed E-state index contributed by atoms with van der Waals surface area (Å²) in [6, 6.07) is 18.0. The van der Waals surface area contributed by atoms with E-state index in [1.165, 1.54) is 38.5 Å². The molecular formula is C32H38N4O3S2. The molecule has 0 saturated heterocycles. The second kappa shape index (κ2) is 14.2. The first-order chi connectivity index (χ1) is 20.0. The molecule has 2 heterocycles. The van der Waals surface area contributed by atoms with E-state index in [0.29, 0.717) is 18.8 Å². The quantitative estimate of drug-likeness (QED) is 0.147. The number of anilines is 1. The lowest BCUT2D eigenvalue weighted by atomic mass is 10.0. The van der Waals surface area contributed by atoms with Crippen molar-refractivity contribution < 1.29 is 13.5 Å². The highest BCUT2D eigenvalue weighted by Crippen LogP contribution is 2.30. The fraction of sp³-hybridized carbons (Fsp3) is 0.375. The molecule has 2 aromatic heterocycles. The Balaban J connectivity index is 1.08. The van der Waals surface area contributed by atoms with Crippen LogP contribution in [0.2, 0.25) is 0 Å². The van der Waals surface area contributed by atoms with Crippen molar-refractivity contribution >= 4 is 27.0 Å². The van der Waals surface area contributed by atoms with Crippen molar-refractivity contribution in [2.24, 2.45) is 5.92 Å². The van der Waals surface area contributed by atoms with E-state index in [-0.39, 0.29) is 4.90 Å². The summed E-state index contributed by atoms with van der Waals surface area (Å²) in [7, 11) is -3.71. The van der Waals surface area contributed by atoms with E-state index in [0.717, 1.165) is 46.2 Å². The van der Waals surface area contributed by atoms with Crippen molar-refractivity contribution in [1.29, 1.82) is 0 Å². The number of hydrogen-bond acceptors (Lipinski definition) is 7. The van der Waals surface area contributed by atoms with Crippen molar-refractivity contribution in [3.05, 3.63) is 95.3 Å². The highest BCUT2D eigenvalue weighted by molar-refractivity contribution is 7.92. The lowest BCUT2D eigenvalue weighted by Crippen LogP contribution is -2.23. The molecule has 216 valence electrons. The minimum Gasteiger partial charge on any atom is -0.387 e. The largest absolute Gasteiger partial charge is 0.387 e. The van der Waals surface area contributed by atoms with E-state index in [9.17, 15) is 13.5 Å². The third-order valence-electron chi connectivity index (χ3n) is 7.69. The number of benzene rings is 2. The van der Waals surface area contributed by atoms with Gasteiger partial charge in [0.15, 0.2) is 0 Å². The molecule has 41 heavy (non-hydrogen) atoms. The minimum absolute atomic E-state index is 0.218. The molecule has 4 aromatic rings. The molecule has 0 radical (unpaired) electrons. The van der Waals surface area contributed by atoms with E-state index >= 15 is 0 Å². The highest BCUT2D eigenvalue weighted by Gasteiger charge is 2.16. The van der Waals surface area contributed by atoms with Crippen molar-refractivity contribution in [2.75, 3.05) is 17.8 Å². The predicted molar refractivity (Wildman–Crippen MR) is 165 cm³/mol. The highest BCUT2D eigenvalue weighted by atomic mass is 32.2. The number of aliphatic hydroxyl groups is 1. The van der Waals surface area contributed by atoms with E-state index in [2.05, 4.69) is 20.4 Å². The Bertz CT molecular complexity index is 1470. The summed E-state index contributed by atoms with van der Waals surface area (Å²) < 4.78 is 28.7. The first kappa shape index (κ1) is 29.4. The third-order valence-corrected chi connectivity index (χ3v) is 10.0. The van der Waals surface area contributed by atoms with Crippen LogP contribution in [-0.2, 0) is 22.9 Å². The molecule has 1 atom stereocenters. The van der Waals surface area contributed by atoms with E-state index in [4.69, 9.17) is 4.98 Å². The summed E-state index contributed by atoms with van der Waals surface area (Å²) in [5.74, 6) is 0.904. The first-order valence-corrected chi connectivity index (χ1v) is 16.8. The van der Waals surface area contributed by atoms with Gasteiger partial charge in [-0.1, -0.05) is 62.4 Å². The molecular weight excluding hydrogens is 553 g/mol. The van der Waals surface area contributed by atoms with Gasteiger partial charge >= 0.3 is 0 Å². The first-order valence-electron chi connectivity index (χ1n) is 14.4. The number of aryl methyl sites for hydroxylation is 1. The van der Waals surface area contributed by atoms with Crippen LogP contribution in [0.1, 0.15) is 61.4 Å². The van der Waals surface area contributed by atoms with Gasteiger partial charge in [0.05, 0.1) is 16.7 Å². The zero-order valence-corrected chi connectivity index (χ0v) is 24.8. The maximum Gasteiger partial charge on any atom is 0.261 e. The standard InChI is InChI=1S/C32H38N4O3S2/c37-31(27-8-4-19-33-21-27)22-34-20-18-25-10-14-28(15-11-25)36-41(38,39)30-16-12-26(13-17-30)32-35-29(23-40-32)9-3-7-24-5-1-2-6-24/h4,8,10-17,19,21,23-24,31,34,36-37H,1-3,5-7,9,18,20,22H2. The van der Waals surface area contributed by atoms with Crippen LogP contribution in [0.3, 0.4) is 0 Å². The zero-order chi connectivity index (χ0) is 28.5. The molecule has 1 fully saturated rings. The number of nitrogens with one attached hydrogen (secondary N) is 2. The van der Waals surface area contributed by atoms with E-state index in [1.54, 1.807) is 54.1 Å². The molecule has 0 amide bonds.